The summed E-state index contributed by atoms with van der Waals surface area (Å²) in [4.78, 5) is 63.3. The molecule has 5 atom stereocenters. The van der Waals surface area contributed by atoms with Crippen molar-refractivity contribution in [1.82, 2.24) is 35.8 Å². The fraction of sp³-hybridized carbons (Fsp3) is 0.552. The number of carbonyl (C=O) groups is 5. The highest BCUT2D eigenvalue weighted by Gasteiger charge is 2.44. The molecule has 1 aliphatic heterocycles. The van der Waals surface area contributed by atoms with Gasteiger partial charge < -0.3 is 52.4 Å². The van der Waals surface area contributed by atoms with Crippen molar-refractivity contribution in [3.8, 4) is 0 Å². The number of rotatable bonds is 16. The highest BCUT2D eigenvalue weighted by atomic mass is 16.5. The Bertz CT molecular complexity index is 1380. The van der Waals surface area contributed by atoms with Gasteiger partial charge in [-0.25, -0.2) is 14.3 Å². The molecular formula is C29H43N9O9. The van der Waals surface area contributed by atoms with Gasteiger partial charge in [-0.15, -0.1) is 5.10 Å². The van der Waals surface area contributed by atoms with Gasteiger partial charge >= 0.3 is 12.2 Å². The van der Waals surface area contributed by atoms with Gasteiger partial charge in [0, 0.05) is 26.1 Å². The summed E-state index contributed by atoms with van der Waals surface area (Å²) in [6.45, 7) is 2.80. The van der Waals surface area contributed by atoms with Crippen molar-refractivity contribution < 1.29 is 44.0 Å². The fourth-order valence-electron chi connectivity index (χ4n) is 5.17. The van der Waals surface area contributed by atoms with E-state index in [-0.39, 0.29) is 39.1 Å². The Morgan fingerprint density at radius 3 is 2.47 bits per heavy atom. The van der Waals surface area contributed by atoms with Gasteiger partial charge in [-0.1, -0.05) is 35.5 Å². The molecule has 1 aliphatic rings. The lowest BCUT2D eigenvalue weighted by Gasteiger charge is -2.29. The third-order valence-corrected chi connectivity index (χ3v) is 7.63. The van der Waals surface area contributed by atoms with E-state index in [4.69, 9.17) is 21.3 Å². The van der Waals surface area contributed by atoms with Gasteiger partial charge in [0.1, 0.15) is 24.3 Å². The standard InChI is InChI=1S/C29H43N9O9/c1-29(2,46)22-14-34-36-38(22)18-12-21(25(41)35-20(23(39)24(31)40)10-6-7-11-32-27(43)44)37(15-18)26(42)19(30)13-33-28(45)47-16-17-8-4-3-5-9-17/h3-5,8-9,14,18-21,23,32,39,46H,6-7,10-13,15-16,30H2,1-2H3,(H2,31,40)(H,33,45)(H,35,41)(H,43,44)/t18-,19?,20?,21-,23?/m0/s1. The largest absolute Gasteiger partial charge is 0.465 e. The van der Waals surface area contributed by atoms with E-state index in [0.717, 1.165) is 5.56 Å². The van der Waals surface area contributed by atoms with Crippen molar-refractivity contribution in [3.63, 3.8) is 0 Å². The number of carboxylic acid groups (broad SMARTS) is 1. The molecule has 0 spiro atoms. The molecule has 1 fully saturated rings. The number of carbonyl (C=O) groups excluding carboxylic acids is 4. The van der Waals surface area contributed by atoms with Crippen LogP contribution in [0.15, 0.2) is 36.5 Å². The molecule has 1 saturated heterocycles. The lowest BCUT2D eigenvalue weighted by Crippen LogP contribution is -2.57. The van der Waals surface area contributed by atoms with Crippen molar-refractivity contribution in [2.24, 2.45) is 11.5 Å². The second kappa shape index (κ2) is 16.7. The third kappa shape index (κ3) is 10.6. The number of nitrogens with one attached hydrogen (secondary N) is 3. The molecule has 1 aromatic heterocycles. The highest BCUT2D eigenvalue weighted by Crippen LogP contribution is 2.31. The van der Waals surface area contributed by atoms with E-state index in [1.165, 1.54) is 29.6 Å². The number of alkyl carbamates (subject to hydrolysis) is 1. The molecule has 3 rings (SSSR count). The molecule has 0 bridgehead atoms. The van der Waals surface area contributed by atoms with Crippen LogP contribution in [0.2, 0.25) is 0 Å². The van der Waals surface area contributed by atoms with Crippen molar-refractivity contribution in [2.45, 2.75) is 82.0 Å². The molecule has 3 unspecified atom stereocenters. The van der Waals surface area contributed by atoms with Crippen molar-refractivity contribution in [1.29, 1.82) is 0 Å². The summed E-state index contributed by atoms with van der Waals surface area (Å²) in [5.41, 5.74) is 11.2. The number of benzene rings is 1. The monoisotopic (exact) mass is 661 g/mol. The van der Waals surface area contributed by atoms with Gasteiger partial charge in [0.15, 0.2) is 6.10 Å². The van der Waals surface area contributed by atoms with Gasteiger partial charge in [-0.05, 0) is 38.7 Å². The zero-order valence-electron chi connectivity index (χ0n) is 26.2. The maximum atomic E-state index is 13.7. The van der Waals surface area contributed by atoms with Crippen LogP contribution >= 0.6 is 0 Å². The van der Waals surface area contributed by atoms with Crippen molar-refractivity contribution in [2.75, 3.05) is 19.6 Å². The number of nitrogens with two attached hydrogens (primary N) is 2. The number of aliphatic hydroxyl groups excluding tert-OH is 1. The zero-order chi connectivity index (χ0) is 34.7. The molecule has 5 amide bonds. The zero-order valence-corrected chi connectivity index (χ0v) is 26.2. The fourth-order valence-corrected chi connectivity index (χ4v) is 5.17. The van der Waals surface area contributed by atoms with Crippen molar-refractivity contribution in [3.05, 3.63) is 47.8 Å². The minimum atomic E-state index is -1.77. The SMILES string of the molecule is CC(C)(O)c1cnnn1[C@H]1C[C@@H](C(=O)NC(CCCCNC(=O)O)C(O)C(N)=O)N(C(=O)C(N)CNC(=O)OCc2ccccc2)C1. The van der Waals surface area contributed by atoms with Crippen molar-refractivity contribution >= 4 is 29.9 Å². The van der Waals surface area contributed by atoms with Gasteiger partial charge in [0.2, 0.25) is 17.7 Å². The van der Waals surface area contributed by atoms with E-state index >= 15 is 0 Å². The number of likely N-dealkylation sites (tertiary alicyclic amines) is 1. The second-order valence-corrected chi connectivity index (χ2v) is 11.8. The smallest absolute Gasteiger partial charge is 0.407 e. The predicted molar refractivity (Wildman–Crippen MR) is 164 cm³/mol. The average molecular weight is 662 g/mol. The van der Waals surface area contributed by atoms with Gasteiger partial charge in [0.05, 0.1) is 24.0 Å². The molecule has 1 aromatic carbocycles. The van der Waals surface area contributed by atoms with Crippen LogP contribution in [0.4, 0.5) is 9.59 Å². The first-order valence-corrected chi connectivity index (χ1v) is 15.1. The quantitative estimate of drug-likeness (QED) is 0.0972. The van der Waals surface area contributed by atoms with Crippen LogP contribution in [0, 0.1) is 0 Å². The number of primary amides is 1. The minimum Gasteiger partial charge on any atom is -0.465 e. The number of aromatic nitrogens is 3. The first-order chi connectivity index (χ1) is 22.2. The maximum absolute atomic E-state index is 13.7. The van der Waals surface area contributed by atoms with E-state index in [0.29, 0.717) is 18.5 Å². The molecule has 258 valence electrons. The average Bonchev–Trinajstić information content (AvgIpc) is 3.70. The summed E-state index contributed by atoms with van der Waals surface area (Å²) in [5, 5.41) is 45.1. The lowest BCUT2D eigenvalue weighted by atomic mass is 10.0. The third-order valence-electron chi connectivity index (χ3n) is 7.63. The summed E-state index contributed by atoms with van der Waals surface area (Å²) < 4.78 is 6.59. The molecule has 18 heteroatoms. The van der Waals surface area contributed by atoms with Crippen LogP contribution in [-0.4, -0.2) is 109 Å². The normalized spacial score (nSPS) is 18.1. The summed E-state index contributed by atoms with van der Waals surface area (Å²) >= 11 is 0. The topological polar surface area (TPSA) is 277 Å². The molecule has 10 N–H and O–H groups in total. The minimum absolute atomic E-state index is 0.00173. The molecular weight excluding hydrogens is 618 g/mol. The van der Waals surface area contributed by atoms with E-state index in [2.05, 4.69) is 26.3 Å². The molecule has 47 heavy (non-hydrogen) atoms. The summed E-state index contributed by atoms with van der Waals surface area (Å²) in [6.07, 6.45) is -1.66. The Morgan fingerprint density at radius 2 is 1.83 bits per heavy atom. The summed E-state index contributed by atoms with van der Waals surface area (Å²) in [7, 11) is 0. The summed E-state index contributed by atoms with van der Waals surface area (Å²) in [6, 6.07) is 4.74. The highest BCUT2D eigenvalue weighted by molar-refractivity contribution is 5.91. The molecule has 18 nitrogen and oxygen atoms in total. The molecule has 0 aliphatic carbocycles. The molecule has 0 radical (unpaired) electrons. The van der Waals surface area contributed by atoms with Crippen LogP contribution in [0.25, 0.3) is 0 Å². The lowest BCUT2D eigenvalue weighted by molar-refractivity contribution is -0.140. The van der Waals surface area contributed by atoms with Crippen LogP contribution in [-0.2, 0) is 31.3 Å². The Labute approximate surface area is 270 Å². The number of nitrogens with zero attached hydrogens (tertiary/aromatic N) is 4. The van der Waals surface area contributed by atoms with Crippen LogP contribution in [0.1, 0.15) is 56.8 Å². The first kappa shape index (κ1) is 36.7. The number of hydrogen-bond acceptors (Lipinski definition) is 11. The first-order valence-electron chi connectivity index (χ1n) is 15.1. The predicted octanol–water partition coefficient (Wildman–Crippen LogP) is -1.33. The Hall–Kier alpha value is -4.81. The number of hydrogen-bond donors (Lipinski definition) is 8. The Kier molecular flexibility index (Phi) is 13.0. The molecule has 0 saturated carbocycles. The van der Waals surface area contributed by atoms with Crippen LogP contribution < -0.4 is 27.4 Å². The van der Waals surface area contributed by atoms with Gasteiger partial charge in [-0.3, -0.25) is 14.4 Å². The molecule has 2 aromatic rings. The van der Waals surface area contributed by atoms with E-state index in [1.807, 2.05) is 6.07 Å². The Morgan fingerprint density at radius 1 is 1.13 bits per heavy atom. The number of unbranched alkanes of at least 4 members (excludes halogenated alkanes) is 1. The van der Waals surface area contributed by atoms with Gasteiger partial charge in [0.25, 0.3) is 0 Å². The summed E-state index contributed by atoms with van der Waals surface area (Å²) in [5.74, 6) is -2.49. The second-order valence-electron chi connectivity index (χ2n) is 11.8. The number of aliphatic hydroxyl groups is 2. The van der Waals surface area contributed by atoms with Crippen LogP contribution in [0.3, 0.4) is 0 Å². The van der Waals surface area contributed by atoms with Crippen LogP contribution in [0.5, 0.6) is 0 Å². The maximum Gasteiger partial charge on any atom is 0.407 e. The van der Waals surface area contributed by atoms with E-state index < -0.39 is 65.8 Å². The number of ether oxygens (including phenoxy) is 1. The number of amides is 5. The van der Waals surface area contributed by atoms with E-state index in [9.17, 15) is 34.2 Å². The van der Waals surface area contributed by atoms with E-state index in [1.54, 1.807) is 24.3 Å². The molecule has 2 heterocycles. The Balaban J connectivity index is 1.74. The van der Waals surface area contributed by atoms with Gasteiger partial charge in [-0.2, -0.15) is 0 Å².